The number of rotatable bonds is 2. The van der Waals surface area contributed by atoms with E-state index in [4.69, 9.17) is 4.74 Å². The van der Waals surface area contributed by atoms with E-state index in [1.54, 1.807) is 6.92 Å². The first-order valence-electron chi connectivity index (χ1n) is 11.3. The van der Waals surface area contributed by atoms with Gasteiger partial charge in [0.25, 0.3) is 0 Å². The van der Waals surface area contributed by atoms with Gasteiger partial charge in [-0.15, -0.1) is 0 Å². The summed E-state index contributed by atoms with van der Waals surface area (Å²) in [4.78, 5) is 30.8. The molecular formula is C24H35N3O3. The van der Waals surface area contributed by atoms with E-state index in [0.29, 0.717) is 5.41 Å². The van der Waals surface area contributed by atoms with Gasteiger partial charge in [0.1, 0.15) is 5.60 Å². The molecule has 0 radical (unpaired) electrons. The molecule has 2 fully saturated rings. The topological polar surface area (TPSA) is 53.1 Å². The number of likely N-dealkylation sites (tertiary alicyclic amines) is 2. The van der Waals surface area contributed by atoms with E-state index in [9.17, 15) is 9.59 Å². The number of carbonyl (C=O) groups is 2. The zero-order valence-corrected chi connectivity index (χ0v) is 18.9. The molecule has 0 bridgehead atoms. The van der Waals surface area contributed by atoms with Gasteiger partial charge in [-0.25, -0.2) is 4.79 Å². The third-order valence-corrected chi connectivity index (χ3v) is 6.67. The number of hydrogen-bond acceptors (Lipinski definition) is 4. The van der Waals surface area contributed by atoms with Crippen molar-refractivity contribution in [3.63, 3.8) is 0 Å². The Labute approximate surface area is 180 Å². The monoisotopic (exact) mass is 413 g/mol. The number of fused-ring (bicyclic) bond motifs is 1. The molecule has 0 aromatic heterocycles. The third-order valence-electron chi connectivity index (χ3n) is 6.67. The Kier molecular flexibility index (Phi) is 5.56. The molecule has 2 amide bonds. The quantitative estimate of drug-likeness (QED) is 0.740. The minimum atomic E-state index is -0.442. The van der Waals surface area contributed by atoms with Crippen LogP contribution in [0.2, 0.25) is 0 Å². The van der Waals surface area contributed by atoms with E-state index in [2.05, 4.69) is 23.1 Å². The lowest BCUT2D eigenvalue weighted by molar-refractivity contribution is -0.116. The van der Waals surface area contributed by atoms with Gasteiger partial charge in [0.2, 0.25) is 5.91 Å². The van der Waals surface area contributed by atoms with Crippen LogP contribution in [0.25, 0.3) is 0 Å². The minimum absolute atomic E-state index is 0.137. The molecule has 1 aromatic carbocycles. The first-order valence-corrected chi connectivity index (χ1v) is 11.3. The van der Waals surface area contributed by atoms with E-state index in [1.165, 1.54) is 11.1 Å². The van der Waals surface area contributed by atoms with Gasteiger partial charge in [-0.2, -0.15) is 0 Å². The highest BCUT2D eigenvalue weighted by atomic mass is 16.6. The summed E-state index contributed by atoms with van der Waals surface area (Å²) in [5, 5.41) is 0. The number of para-hydroxylation sites is 1. The number of piperidine rings is 1. The van der Waals surface area contributed by atoms with Crippen molar-refractivity contribution in [1.82, 2.24) is 9.80 Å². The minimum Gasteiger partial charge on any atom is -0.444 e. The van der Waals surface area contributed by atoms with Crippen LogP contribution in [-0.4, -0.2) is 60.1 Å². The summed E-state index contributed by atoms with van der Waals surface area (Å²) in [5.74, 6) is 0.137. The SMILES string of the molecule is CC(=O)N1CCCc2cccc(CN3CC4(CCN(C(=O)OC(C)(C)C)CC4)C3)c21. The maximum Gasteiger partial charge on any atom is 0.410 e. The maximum absolute atomic E-state index is 12.3. The van der Waals surface area contributed by atoms with E-state index in [1.807, 2.05) is 30.6 Å². The summed E-state index contributed by atoms with van der Waals surface area (Å²) in [6.45, 7) is 12.8. The van der Waals surface area contributed by atoms with Crippen molar-refractivity contribution in [3.8, 4) is 0 Å². The summed E-state index contributed by atoms with van der Waals surface area (Å²) in [6.07, 6.45) is 3.98. The van der Waals surface area contributed by atoms with Crippen molar-refractivity contribution in [3.05, 3.63) is 29.3 Å². The van der Waals surface area contributed by atoms with Crippen LogP contribution in [0.3, 0.4) is 0 Å². The molecule has 1 spiro atoms. The summed E-state index contributed by atoms with van der Waals surface area (Å²) in [6, 6.07) is 6.47. The van der Waals surface area contributed by atoms with Gasteiger partial charge in [0.15, 0.2) is 0 Å². The standard InChI is InChI=1S/C24H35N3O3/c1-18(28)27-12-6-9-19-7-5-8-20(21(19)27)15-25-16-24(17-25)10-13-26(14-11-24)22(29)30-23(2,3)4/h5,7-8H,6,9-17H2,1-4H3. The molecule has 0 N–H and O–H groups in total. The van der Waals surface area contributed by atoms with Crippen molar-refractivity contribution < 1.29 is 14.3 Å². The Bertz CT molecular complexity index is 813. The molecule has 1 aromatic rings. The van der Waals surface area contributed by atoms with Crippen LogP contribution in [0.5, 0.6) is 0 Å². The first-order chi connectivity index (χ1) is 14.2. The number of aryl methyl sites for hydroxylation is 1. The van der Waals surface area contributed by atoms with Crippen molar-refractivity contribution in [1.29, 1.82) is 0 Å². The summed E-state index contributed by atoms with van der Waals surface area (Å²) in [5.41, 5.74) is 3.60. The van der Waals surface area contributed by atoms with E-state index in [0.717, 1.165) is 70.6 Å². The van der Waals surface area contributed by atoms with Crippen LogP contribution in [0, 0.1) is 5.41 Å². The summed E-state index contributed by atoms with van der Waals surface area (Å²) in [7, 11) is 0. The van der Waals surface area contributed by atoms with Gasteiger partial charge in [0, 0.05) is 46.2 Å². The fraction of sp³-hybridized carbons (Fsp3) is 0.667. The van der Waals surface area contributed by atoms with Crippen molar-refractivity contribution in [2.75, 3.05) is 37.6 Å². The van der Waals surface area contributed by atoms with E-state index < -0.39 is 5.60 Å². The highest BCUT2D eigenvalue weighted by Crippen LogP contribution is 2.42. The molecule has 2 saturated heterocycles. The lowest BCUT2D eigenvalue weighted by Crippen LogP contribution is -2.60. The van der Waals surface area contributed by atoms with Gasteiger partial charge < -0.3 is 14.5 Å². The average molecular weight is 414 g/mol. The lowest BCUT2D eigenvalue weighted by Gasteiger charge is -2.54. The summed E-state index contributed by atoms with van der Waals surface area (Å²) < 4.78 is 5.52. The Balaban J connectivity index is 1.34. The average Bonchev–Trinajstić information content (AvgIpc) is 2.65. The molecule has 3 aliphatic heterocycles. The number of benzene rings is 1. The number of hydrogen-bond donors (Lipinski definition) is 0. The second-order valence-electron chi connectivity index (χ2n) is 10.3. The summed E-state index contributed by atoms with van der Waals surface area (Å²) >= 11 is 0. The molecular weight excluding hydrogens is 378 g/mol. The van der Waals surface area contributed by atoms with Crippen LogP contribution in [0.1, 0.15) is 58.1 Å². The van der Waals surface area contributed by atoms with Crippen LogP contribution >= 0.6 is 0 Å². The molecule has 30 heavy (non-hydrogen) atoms. The Morgan fingerprint density at radius 3 is 2.43 bits per heavy atom. The van der Waals surface area contributed by atoms with E-state index in [-0.39, 0.29) is 12.0 Å². The Morgan fingerprint density at radius 1 is 1.10 bits per heavy atom. The largest absolute Gasteiger partial charge is 0.444 e. The molecule has 4 rings (SSSR count). The maximum atomic E-state index is 12.3. The molecule has 6 heteroatoms. The number of anilines is 1. The second kappa shape index (κ2) is 7.88. The Hall–Kier alpha value is -2.08. The zero-order chi connectivity index (χ0) is 21.5. The Morgan fingerprint density at radius 2 is 1.80 bits per heavy atom. The third kappa shape index (κ3) is 4.34. The lowest BCUT2D eigenvalue weighted by atomic mass is 9.72. The molecule has 6 nitrogen and oxygen atoms in total. The van der Waals surface area contributed by atoms with Crippen LogP contribution in [0.4, 0.5) is 10.5 Å². The molecule has 0 aliphatic carbocycles. The number of carbonyl (C=O) groups excluding carboxylic acids is 2. The fourth-order valence-corrected chi connectivity index (χ4v) is 5.24. The zero-order valence-electron chi connectivity index (χ0n) is 18.9. The van der Waals surface area contributed by atoms with Crippen molar-refractivity contribution >= 4 is 17.7 Å². The number of nitrogens with zero attached hydrogens (tertiary/aromatic N) is 3. The highest BCUT2D eigenvalue weighted by molar-refractivity contribution is 5.93. The molecule has 164 valence electrons. The second-order valence-corrected chi connectivity index (χ2v) is 10.3. The molecule has 3 heterocycles. The fourth-order valence-electron chi connectivity index (χ4n) is 5.24. The number of amides is 2. The van der Waals surface area contributed by atoms with Crippen LogP contribution < -0.4 is 4.90 Å². The van der Waals surface area contributed by atoms with Crippen LogP contribution in [0.15, 0.2) is 18.2 Å². The number of ether oxygens (including phenoxy) is 1. The molecule has 0 atom stereocenters. The van der Waals surface area contributed by atoms with Gasteiger partial charge in [-0.3, -0.25) is 9.69 Å². The smallest absolute Gasteiger partial charge is 0.410 e. The predicted octanol–water partition coefficient (Wildman–Crippen LogP) is 3.82. The normalized spacial score (nSPS) is 21.2. The highest BCUT2D eigenvalue weighted by Gasteiger charge is 2.46. The predicted molar refractivity (Wildman–Crippen MR) is 118 cm³/mol. The van der Waals surface area contributed by atoms with E-state index >= 15 is 0 Å². The van der Waals surface area contributed by atoms with Crippen molar-refractivity contribution in [2.24, 2.45) is 5.41 Å². The van der Waals surface area contributed by atoms with Gasteiger partial charge in [-0.05, 0) is 63.0 Å². The van der Waals surface area contributed by atoms with Gasteiger partial charge in [-0.1, -0.05) is 18.2 Å². The van der Waals surface area contributed by atoms with Crippen molar-refractivity contribution in [2.45, 2.75) is 65.5 Å². The van der Waals surface area contributed by atoms with Crippen LogP contribution in [-0.2, 0) is 22.5 Å². The molecule has 3 aliphatic rings. The first kappa shape index (κ1) is 21.2. The van der Waals surface area contributed by atoms with Gasteiger partial charge in [0.05, 0.1) is 5.69 Å². The van der Waals surface area contributed by atoms with Gasteiger partial charge >= 0.3 is 6.09 Å². The molecule has 0 unspecified atom stereocenters. The molecule has 0 saturated carbocycles.